The normalized spacial score (nSPS) is 10.8. The molecule has 8 heteroatoms. The molecule has 0 fully saturated rings. The van der Waals surface area contributed by atoms with Crippen molar-refractivity contribution in [1.82, 2.24) is 16.0 Å². The average Bonchev–Trinajstić information content (AvgIpc) is 2.52. The molecule has 0 aliphatic heterocycles. The minimum Gasteiger partial charge on any atom is -0.444 e. The summed E-state index contributed by atoms with van der Waals surface area (Å²) >= 11 is 0. The molecule has 27 heavy (non-hydrogen) atoms. The summed E-state index contributed by atoms with van der Waals surface area (Å²) in [6.45, 7) is 6.28. The van der Waals surface area contributed by atoms with Crippen LogP contribution in [0, 0.1) is 5.82 Å². The number of amides is 3. The van der Waals surface area contributed by atoms with Gasteiger partial charge in [-0.3, -0.25) is 9.59 Å². The number of benzene rings is 1. The predicted octanol–water partition coefficient (Wildman–Crippen LogP) is 1.91. The van der Waals surface area contributed by atoms with Crippen LogP contribution in [-0.2, 0) is 20.7 Å². The third kappa shape index (κ3) is 11.6. The molecule has 0 unspecified atom stereocenters. The Balaban J connectivity index is 2.06. The number of carbonyl (C=O) groups is 3. The minimum absolute atomic E-state index is 0.112. The third-order valence-electron chi connectivity index (χ3n) is 3.27. The van der Waals surface area contributed by atoms with Crippen LogP contribution in [0.2, 0.25) is 0 Å². The van der Waals surface area contributed by atoms with Gasteiger partial charge in [-0.25, -0.2) is 9.18 Å². The maximum Gasteiger partial charge on any atom is 0.407 e. The lowest BCUT2D eigenvalue weighted by Gasteiger charge is -2.19. The van der Waals surface area contributed by atoms with Crippen molar-refractivity contribution in [3.05, 3.63) is 35.6 Å². The summed E-state index contributed by atoms with van der Waals surface area (Å²) < 4.78 is 18.1. The van der Waals surface area contributed by atoms with Gasteiger partial charge in [-0.05, 0) is 44.9 Å². The highest BCUT2D eigenvalue weighted by Crippen LogP contribution is 2.06. The van der Waals surface area contributed by atoms with E-state index in [0.29, 0.717) is 25.1 Å². The Labute approximate surface area is 159 Å². The SMILES string of the molecule is CC(C)(C)OC(=O)NCCC(=O)NCCCNC(=O)Cc1cccc(F)c1. The van der Waals surface area contributed by atoms with Crippen LogP contribution in [0.15, 0.2) is 24.3 Å². The summed E-state index contributed by atoms with van der Waals surface area (Å²) in [7, 11) is 0. The molecule has 0 radical (unpaired) electrons. The van der Waals surface area contributed by atoms with E-state index in [4.69, 9.17) is 4.74 Å². The topological polar surface area (TPSA) is 96.5 Å². The van der Waals surface area contributed by atoms with Crippen molar-refractivity contribution < 1.29 is 23.5 Å². The summed E-state index contributed by atoms with van der Waals surface area (Å²) in [6.07, 6.45) is 0.266. The number of carbonyl (C=O) groups excluding carboxylic acids is 3. The Kier molecular flexibility index (Phi) is 9.25. The van der Waals surface area contributed by atoms with Gasteiger partial charge in [-0.1, -0.05) is 12.1 Å². The lowest BCUT2D eigenvalue weighted by Crippen LogP contribution is -2.35. The lowest BCUT2D eigenvalue weighted by atomic mass is 10.1. The first-order chi connectivity index (χ1) is 12.7. The fourth-order valence-corrected chi connectivity index (χ4v) is 2.12. The van der Waals surface area contributed by atoms with Gasteiger partial charge >= 0.3 is 6.09 Å². The third-order valence-corrected chi connectivity index (χ3v) is 3.27. The van der Waals surface area contributed by atoms with Gasteiger partial charge < -0.3 is 20.7 Å². The van der Waals surface area contributed by atoms with Gasteiger partial charge in [0.25, 0.3) is 0 Å². The van der Waals surface area contributed by atoms with Crippen molar-refractivity contribution in [2.45, 2.75) is 45.6 Å². The number of nitrogens with one attached hydrogen (secondary N) is 3. The van der Waals surface area contributed by atoms with Crippen molar-refractivity contribution in [3.8, 4) is 0 Å². The fourth-order valence-electron chi connectivity index (χ4n) is 2.12. The zero-order valence-electron chi connectivity index (χ0n) is 16.1. The van der Waals surface area contributed by atoms with E-state index >= 15 is 0 Å². The van der Waals surface area contributed by atoms with Crippen LogP contribution >= 0.6 is 0 Å². The van der Waals surface area contributed by atoms with E-state index in [1.165, 1.54) is 12.1 Å². The minimum atomic E-state index is -0.578. The second-order valence-corrected chi connectivity index (χ2v) is 7.04. The molecular weight excluding hydrogens is 353 g/mol. The molecule has 1 aromatic rings. The zero-order chi connectivity index (χ0) is 20.3. The van der Waals surface area contributed by atoms with Crippen LogP contribution in [0.5, 0.6) is 0 Å². The molecule has 0 aliphatic rings. The quantitative estimate of drug-likeness (QED) is 0.569. The van der Waals surface area contributed by atoms with Gasteiger partial charge in [-0.15, -0.1) is 0 Å². The number of hydrogen-bond donors (Lipinski definition) is 3. The molecule has 1 aromatic carbocycles. The average molecular weight is 381 g/mol. The Bertz CT molecular complexity index is 644. The zero-order valence-corrected chi connectivity index (χ0v) is 16.1. The lowest BCUT2D eigenvalue weighted by molar-refractivity contribution is -0.121. The second kappa shape index (κ2) is 11.2. The van der Waals surface area contributed by atoms with Crippen LogP contribution in [0.1, 0.15) is 39.2 Å². The Hall–Kier alpha value is -2.64. The van der Waals surface area contributed by atoms with Gasteiger partial charge in [-0.2, -0.15) is 0 Å². The predicted molar refractivity (Wildman–Crippen MR) is 99.6 cm³/mol. The number of rotatable bonds is 9. The molecule has 1 rings (SSSR count). The summed E-state index contributed by atoms with van der Waals surface area (Å²) in [5, 5.41) is 7.93. The highest BCUT2D eigenvalue weighted by Gasteiger charge is 2.15. The largest absolute Gasteiger partial charge is 0.444 e. The highest BCUT2D eigenvalue weighted by atomic mass is 19.1. The van der Waals surface area contributed by atoms with Crippen molar-refractivity contribution >= 4 is 17.9 Å². The molecule has 0 aromatic heterocycles. The molecule has 0 spiro atoms. The van der Waals surface area contributed by atoms with Gasteiger partial charge in [0.1, 0.15) is 11.4 Å². The standard InChI is InChI=1S/C19H28FN3O4/c1-19(2,3)27-18(26)23-11-8-16(24)21-9-5-10-22-17(25)13-14-6-4-7-15(20)12-14/h4,6-7,12H,5,8-11,13H2,1-3H3,(H,21,24)(H,22,25)(H,23,26). The summed E-state index contributed by atoms with van der Waals surface area (Å²) in [6, 6.07) is 5.90. The van der Waals surface area contributed by atoms with Crippen molar-refractivity contribution in [1.29, 1.82) is 0 Å². The van der Waals surface area contributed by atoms with E-state index in [0.717, 1.165) is 0 Å². The monoisotopic (exact) mass is 381 g/mol. The molecular formula is C19H28FN3O4. The first kappa shape index (κ1) is 22.4. The summed E-state index contributed by atoms with van der Waals surface area (Å²) in [5.74, 6) is -0.769. The van der Waals surface area contributed by atoms with Crippen LogP contribution in [-0.4, -0.2) is 43.1 Å². The van der Waals surface area contributed by atoms with Crippen LogP contribution < -0.4 is 16.0 Å². The molecule has 150 valence electrons. The van der Waals surface area contributed by atoms with E-state index in [1.54, 1.807) is 32.9 Å². The van der Waals surface area contributed by atoms with Crippen molar-refractivity contribution in [2.75, 3.05) is 19.6 Å². The number of ether oxygens (including phenoxy) is 1. The van der Waals surface area contributed by atoms with E-state index in [9.17, 15) is 18.8 Å². The van der Waals surface area contributed by atoms with Crippen molar-refractivity contribution in [2.24, 2.45) is 0 Å². The first-order valence-electron chi connectivity index (χ1n) is 8.90. The molecule has 0 saturated heterocycles. The van der Waals surface area contributed by atoms with Crippen molar-refractivity contribution in [3.63, 3.8) is 0 Å². The van der Waals surface area contributed by atoms with Gasteiger partial charge in [0.15, 0.2) is 0 Å². The second-order valence-electron chi connectivity index (χ2n) is 7.04. The number of halogens is 1. The summed E-state index contributed by atoms with van der Waals surface area (Å²) in [4.78, 5) is 34.8. The van der Waals surface area contributed by atoms with Gasteiger partial charge in [0.05, 0.1) is 6.42 Å². The molecule has 3 amide bonds. The van der Waals surface area contributed by atoms with Gasteiger partial charge in [0.2, 0.25) is 11.8 Å². The molecule has 0 saturated carbocycles. The first-order valence-corrected chi connectivity index (χ1v) is 8.90. The molecule has 0 bridgehead atoms. The maximum atomic E-state index is 13.0. The molecule has 0 heterocycles. The molecule has 0 atom stereocenters. The Morgan fingerprint density at radius 3 is 2.30 bits per heavy atom. The summed E-state index contributed by atoms with van der Waals surface area (Å²) in [5.41, 5.74) is 0.0316. The number of alkyl carbamates (subject to hydrolysis) is 1. The maximum absolute atomic E-state index is 13.0. The molecule has 0 aliphatic carbocycles. The molecule has 7 nitrogen and oxygen atoms in total. The van der Waals surface area contributed by atoms with Crippen LogP contribution in [0.3, 0.4) is 0 Å². The fraction of sp³-hybridized carbons (Fsp3) is 0.526. The Morgan fingerprint density at radius 2 is 1.67 bits per heavy atom. The van der Waals surface area contributed by atoms with E-state index in [-0.39, 0.29) is 37.0 Å². The smallest absolute Gasteiger partial charge is 0.407 e. The highest BCUT2D eigenvalue weighted by molar-refractivity contribution is 5.78. The number of hydrogen-bond acceptors (Lipinski definition) is 4. The Morgan fingerprint density at radius 1 is 1.00 bits per heavy atom. The van der Waals surface area contributed by atoms with E-state index in [1.807, 2.05) is 0 Å². The van der Waals surface area contributed by atoms with E-state index in [2.05, 4.69) is 16.0 Å². The molecule has 3 N–H and O–H groups in total. The van der Waals surface area contributed by atoms with Gasteiger partial charge in [0, 0.05) is 26.1 Å². The van der Waals surface area contributed by atoms with Crippen LogP contribution in [0.25, 0.3) is 0 Å². The van der Waals surface area contributed by atoms with Crippen LogP contribution in [0.4, 0.5) is 9.18 Å². The van der Waals surface area contributed by atoms with E-state index < -0.39 is 11.7 Å².